The van der Waals surface area contributed by atoms with Crippen molar-refractivity contribution in [2.24, 2.45) is 0 Å². The molecular weight excluding hydrogens is 363 g/mol. The predicted octanol–water partition coefficient (Wildman–Crippen LogP) is 3.36. The Labute approximate surface area is 150 Å². The van der Waals surface area contributed by atoms with Gasteiger partial charge in [-0.25, -0.2) is 4.79 Å². The molecule has 1 aromatic carbocycles. The lowest BCUT2D eigenvalue weighted by atomic mass is 9.86. The molecule has 0 aromatic heterocycles. The fourth-order valence-corrected chi connectivity index (χ4v) is 4.65. The van der Waals surface area contributed by atoms with Crippen LogP contribution >= 0.6 is 7.60 Å². The molecule has 1 atom stereocenters. The Hall–Kier alpha value is -2.48. The second-order valence-electron chi connectivity index (χ2n) is 5.63. The van der Waals surface area contributed by atoms with Crippen LogP contribution in [0.1, 0.15) is 25.3 Å². The summed E-state index contributed by atoms with van der Waals surface area (Å²) in [5.41, 5.74) is 0.775. The number of aliphatic carboxylic acids is 1. The number of hydrogen-bond acceptors (Lipinski definition) is 7. The summed E-state index contributed by atoms with van der Waals surface area (Å²) in [4.78, 5) is 22.4. The first-order chi connectivity index (χ1) is 12.2. The molecule has 0 amide bonds. The van der Waals surface area contributed by atoms with Gasteiger partial charge in [-0.1, -0.05) is 12.1 Å². The van der Waals surface area contributed by atoms with E-state index in [1.165, 1.54) is 32.4 Å². The first kappa shape index (κ1) is 19.8. The summed E-state index contributed by atoms with van der Waals surface area (Å²) >= 11 is 0. The van der Waals surface area contributed by atoms with Gasteiger partial charge in [-0.3, -0.25) is 14.7 Å². The van der Waals surface area contributed by atoms with Crippen molar-refractivity contribution >= 4 is 19.3 Å². The Bertz CT molecular complexity index is 867. The Morgan fingerprint density at radius 1 is 1.27 bits per heavy atom. The first-order valence-electron chi connectivity index (χ1n) is 7.54. The third-order valence-corrected chi connectivity index (χ3v) is 6.29. The van der Waals surface area contributed by atoms with Gasteiger partial charge in [-0.2, -0.15) is 0 Å². The van der Waals surface area contributed by atoms with E-state index in [1.807, 2.05) is 0 Å². The topological polar surface area (TPSA) is 128 Å². The van der Waals surface area contributed by atoms with E-state index in [0.717, 1.165) is 0 Å². The van der Waals surface area contributed by atoms with E-state index < -0.39 is 24.4 Å². The molecule has 1 aliphatic rings. The molecule has 0 spiro atoms. The molecule has 0 fully saturated rings. The van der Waals surface area contributed by atoms with Gasteiger partial charge in [0.2, 0.25) is 0 Å². The number of carboxylic acids is 1. The Kier molecular flexibility index (Phi) is 5.65. The van der Waals surface area contributed by atoms with Crippen LogP contribution in [0.3, 0.4) is 0 Å². The number of nitro groups is 1. The zero-order valence-corrected chi connectivity index (χ0v) is 15.6. The highest BCUT2D eigenvalue weighted by molar-refractivity contribution is 7.58. The van der Waals surface area contributed by atoms with Crippen molar-refractivity contribution in [2.45, 2.75) is 19.8 Å². The van der Waals surface area contributed by atoms with Crippen LogP contribution in [0.25, 0.3) is 0 Å². The molecule has 0 saturated carbocycles. The summed E-state index contributed by atoms with van der Waals surface area (Å²) in [6.45, 7) is 3.19. The van der Waals surface area contributed by atoms with Crippen molar-refractivity contribution in [1.29, 1.82) is 0 Å². The third kappa shape index (κ3) is 3.41. The summed E-state index contributed by atoms with van der Waals surface area (Å²) in [6, 6.07) is 5.54. The number of dihydropyridines is 1. The lowest BCUT2D eigenvalue weighted by Gasteiger charge is -2.33. The number of non-ortho nitro benzene ring substituents is 1. The van der Waals surface area contributed by atoms with Gasteiger partial charge >= 0.3 is 13.6 Å². The number of rotatable bonds is 6. The summed E-state index contributed by atoms with van der Waals surface area (Å²) in [5, 5.41) is 23.8. The SMILES string of the molecule is COP(=O)(OC)C1=C(C)NC(C)=C(C(=O)O)C1c1cccc([N+](=O)[O-])c1. The molecule has 140 valence electrons. The normalized spacial score (nSPS) is 17.9. The Morgan fingerprint density at radius 2 is 1.88 bits per heavy atom. The van der Waals surface area contributed by atoms with E-state index in [-0.39, 0.29) is 16.6 Å². The fraction of sp³-hybridized carbons (Fsp3) is 0.312. The van der Waals surface area contributed by atoms with E-state index in [2.05, 4.69) is 5.32 Å². The number of nitro benzene ring substituents is 1. The minimum absolute atomic E-state index is 0.0829. The van der Waals surface area contributed by atoms with E-state index in [4.69, 9.17) is 9.05 Å². The van der Waals surface area contributed by atoms with Crippen LogP contribution in [0.4, 0.5) is 5.69 Å². The van der Waals surface area contributed by atoms with E-state index in [1.54, 1.807) is 19.9 Å². The van der Waals surface area contributed by atoms with Crippen molar-refractivity contribution < 1.29 is 28.4 Å². The van der Waals surface area contributed by atoms with E-state index in [0.29, 0.717) is 17.0 Å². The van der Waals surface area contributed by atoms with Gasteiger partial charge in [0.25, 0.3) is 5.69 Å². The van der Waals surface area contributed by atoms with Crippen LogP contribution in [0.15, 0.2) is 46.5 Å². The average Bonchev–Trinajstić information content (AvgIpc) is 2.60. The smallest absolute Gasteiger partial charge is 0.359 e. The molecule has 0 bridgehead atoms. The molecule has 2 N–H and O–H groups in total. The van der Waals surface area contributed by atoms with Crippen molar-refractivity contribution in [3.05, 3.63) is 62.2 Å². The van der Waals surface area contributed by atoms with Gasteiger partial charge in [0, 0.05) is 37.7 Å². The molecule has 0 radical (unpaired) electrons. The van der Waals surface area contributed by atoms with Crippen LogP contribution in [-0.2, 0) is 18.4 Å². The summed E-state index contributed by atoms with van der Waals surface area (Å²) in [6.07, 6.45) is 0. The number of benzene rings is 1. The largest absolute Gasteiger partial charge is 0.478 e. The van der Waals surface area contributed by atoms with Crippen LogP contribution in [-0.4, -0.2) is 30.2 Å². The molecule has 0 aliphatic carbocycles. The molecular formula is C16H19N2O7P. The van der Waals surface area contributed by atoms with E-state index >= 15 is 0 Å². The second-order valence-corrected chi connectivity index (χ2v) is 7.83. The summed E-state index contributed by atoms with van der Waals surface area (Å²) in [7, 11) is -1.44. The summed E-state index contributed by atoms with van der Waals surface area (Å²) < 4.78 is 23.3. The monoisotopic (exact) mass is 382 g/mol. The molecule has 2 rings (SSSR count). The first-order valence-corrected chi connectivity index (χ1v) is 9.08. The predicted molar refractivity (Wildman–Crippen MR) is 93.6 cm³/mol. The molecule has 10 heteroatoms. The lowest BCUT2D eigenvalue weighted by molar-refractivity contribution is -0.384. The number of nitrogens with one attached hydrogen (secondary N) is 1. The number of carboxylic acid groups (broad SMARTS) is 1. The van der Waals surface area contributed by atoms with Crippen molar-refractivity contribution in [2.75, 3.05) is 14.2 Å². The van der Waals surface area contributed by atoms with Crippen molar-refractivity contribution in [1.82, 2.24) is 5.32 Å². The van der Waals surface area contributed by atoms with Gasteiger partial charge in [-0.05, 0) is 19.4 Å². The van der Waals surface area contributed by atoms with Gasteiger partial charge in [-0.15, -0.1) is 0 Å². The zero-order chi connectivity index (χ0) is 19.6. The maximum atomic E-state index is 13.1. The molecule has 1 unspecified atom stereocenters. The Morgan fingerprint density at radius 3 is 2.38 bits per heavy atom. The van der Waals surface area contributed by atoms with Gasteiger partial charge < -0.3 is 19.5 Å². The number of hydrogen-bond donors (Lipinski definition) is 2. The lowest BCUT2D eigenvalue weighted by Crippen LogP contribution is -2.28. The third-order valence-electron chi connectivity index (χ3n) is 4.15. The van der Waals surface area contributed by atoms with Gasteiger partial charge in [0.15, 0.2) is 0 Å². The zero-order valence-electron chi connectivity index (χ0n) is 14.7. The van der Waals surface area contributed by atoms with E-state index in [9.17, 15) is 24.6 Å². The highest BCUT2D eigenvalue weighted by Crippen LogP contribution is 2.63. The van der Waals surface area contributed by atoms with Crippen LogP contribution in [0, 0.1) is 10.1 Å². The standard InChI is InChI=1S/C16H19N2O7P/c1-9-13(16(19)20)14(11-6-5-7-12(8-11)18(21)22)15(10(2)17-9)26(23,24-3)25-4/h5-8,14,17H,1-4H3,(H,19,20). The number of nitrogens with zero attached hydrogens (tertiary/aromatic N) is 1. The minimum Gasteiger partial charge on any atom is -0.478 e. The highest BCUT2D eigenvalue weighted by Gasteiger charge is 2.43. The molecule has 1 aliphatic heterocycles. The van der Waals surface area contributed by atoms with Crippen molar-refractivity contribution in [3.63, 3.8) is 0 Å². The molecule has 1 heterocycles. The van der Waals surface area contributed by atoms with Gasteiger partial charge in [0.1, 0.15) is 0 Å². The van der Waals surface area contributed by atoms with Gasteiger partial charge in [0.05, 0.1) is 21.7 Å². The van der Waals surface area contributed by atoms with Crippen LogP contribution < -0.4 is 5.32 Å². The minimum atomic E-state index is -3.83. The van der Waals surface area contributed by atoms with Crippen LogP contribution in [0.2, 0.25) is 0 Å². The number of allylic oxidation sites excluding steroid dienone is 3. The second kappa shape index (κ2) is 7.41. The highest BCUT2D eigenvalue weighted by atomic mass is 31.2. The average molecular weight is 382 g/mol. The quantitative estimate of drug-likeness (QED) is 0.435. The van der Waals surface area contributed by atoms with Crippen LogP contribution in [0.5, 0.6) is 0 Å². The number of carbonyl (C=O) groups is 1. The summed E-state index contributed by atoms with van der Waals surface area (Å²) in [5.74, 6) is -2.27. The Balaban J connectivity index is 2.80. The molecule has 26 heavy (non-hydrogen) atoms. The molecule has 1 aromatic rings. The van der Waals surface area contributed by atoms with Crippen molar-refractivity contribution in [3.8, 4) is 0 Å². The fourth-order valence-electron chi connectivity index (χ4n) is 3.04. The maximum absolute atomic E-state index is 13.1. The molecule has 9 nitrogen and oxygen atoms in total. The maximum Gasteiger partial charge on any atom is 0.359 e. The molecule has 0 saturated heterocycles.